The number of carbonyl (C=O) groups is 2. The zero-order valence-corrected chi connectivity index (χ0v) is 15.1. The van der Waals surface area contributed by atoms with Gasteiger partial charge in [0.15, 0.2) is 0 Å². The van der Waals surface area contributed by atoms with E-state index >= 15 is 0 Å². The van der Waals surface area contributed by atoms with E-state index in [0.717, 1.165) is 12.8 Å². The van der Waals surface area contributed by atoms with Gasteiger partial charge >= 0.3 is 11.9 Å². The van der Waals surface area contributed by atoms with E-state index in [0.29, 0.717) is 6.42 Å². The Hall–Kier alpha value is -1.14. The van der Waals surface area contributed by atoms with E-state index in [1.54, 1.807) is 34.6 Å². The van der Waals surface area contributed by atoms with Crippen LogP contribution in [0.4, 0.5) is 0 Å². The fourth-order valence-electron chi connectivity index (χ4n) is 2.36. The molecule has 6 heteroatoms. The van der Waals surface area contributed by atoms with Gasteiger partial charge in [0.05, 0.1) is 10.8 Å². The third-order valence-electron chi connectivity index (χ3n) is 3.26. The summed E-state index contributed by atoms with van der Waals surface area (Å²) in [5.74, 6) is -1.21. The predicted octanol–water partition coefficient (Wildman–Crippen LogP) is 4.14. The van der Waals surface area contributed by atoms with Crippen molar-refractivity contribution in [2.24, 2.45) is 16.2 Å². The maximum Gasteiger partial charge on any atom is 0.351 e. The lowest BCUT2D eigenvalue weighted by Crippen LogP contribution is -2.32. The smallest absolute Gasteiger partial charge is 0.265 e. The Morgan fingerprint density at radius 3 is 1.68 bits per heavy atom. The van der Waals surface area contributed by atoms with E-state index < -0.39 is 22.8 Å². The predicted molar refractivity (Wildman–Crippen MR) is 80.9 cm³/mol. The molecule has 0 saturated heterocycles. The first-order valence-electron chi connectivity index (χ1n) is 7.58. The van der Waals surface area contributed by atoms with Gasteiger partial charge < -0.3 is 0 Å². The molecule has 0 N–H and O–H groups in total. The monoisotopic (exact) mass is 318 g/mol. The van der Waals surface area contributed by atoms with Gasteiger partial charge in [-0.1, -0.05) is 27.2 Å². The lowest BCUT2D eigenvalue weighted by molar-refractivity contribution is -0.602. The SMILES string of the molecule is CCCC(C)(C)CC(C)(C)C(=O)OOOOC(=O)C(C)(C)C. The van der Waals surface area contributed by atoms with E-state index in [1.165, 1.54) is 0 Å². The Morgan fingerprint density at radius 1 is 0.818 bits per heavy atom. The summed E-state index contributed by atoms with van der Waals surface area (Å²) in [6.07, 6.45) is 2.68. The molecule has 0 saturated carbocycles. The highest BCUT2D eigenvalue weighted by molar-refractivity contribution is 5.75. The largest absolute Gasteiger partial charge is 0.351 e. The van der Waals surface area contributed by atoms with Crippen molar-refractivity contribution < 1.29 is 29.4 Å². The van der Waals surface area contributed by atoms with Crippen LogP contribution in [0.25, 0.3) is 0 Å². The molecule has 0 rings (SSSR count). The normalized spacial score (nSPS) is 12.9. The molecule has 0 atom stereocenters. The van der Waals surface area contributed by atoms with Crippen molar-refractivity contribution in [1.82, 2.24) is 0 Å². The molecule has 0 spiro atoms. The summed E-state index contributed by atoms with van der Waals surface area (Å²) < 4.78 is 0. The van der Waals surface area contributed by atoms with Crippen molar-refractivity contribution in [3.8, 4) is 0 Å². The number of hydrogen-bond acceptors (Lipinski definition) is 6. The Bertz CT molecular complexity index is 379. The first-order valence-corrected chi connectivity index (χ1v) is 7.58. The van der Waals surface area contributed by atoms with Gasteiger partial charge in [0.1, 0.15) is 0 Å². The van der Waals surface area contributed by atoms with Crippen LogP contribution in [0.2, 0.25) is 0 Å². The second kappa shape index (κ2) is 7.92. The minimum absolute atomic E-state index is 0.0107. The van der Waals surface area contributed by atoms with Gasteiger partial charge in [0.2, 0.25) is 0 Å². The van der Waals surface area contributed by atoms with Crippen molar-refractivity contribution in [3.63, 3.8) is 0 Å². The molecule has 6 nitrogen and oxygen atoms in total. The molecule has 0 aromatic carbocycles. The molecule has 0 aliphatic rings. The first kappa shape index (κ1) is 20.9. The van der Waals surface area contributed by atoms with Gasteiger partial charge in [-0.05, 0) is 52.9 Å². The molecule has 0 radical (unpaired) electrons. The van der Waals surface area contributed by atoms with Gasteiger partial charge in [-0.2, -0.15) is 0 Å². The fourth-order valence-corrected chi connectivity index (χ4v) is 2.36. The van der Waals surface area contributed by atoms with Crippen molar-refractivity contribution in [1.29, 1.82) is 0 Å². The third kappa shape index (κ3) is 7.75. The lowest BCUT2D eigenvalue weighted by atomic mass is 9.73. The summed E-state index contributed by atoms with van der Waals surface area (Å²) in [5, 5.41) is 8.40. The Morgan fingerprint density at radius 2 is 1.27 bits per heavy atom. The zero-order chi connectivity index (χ0) is 17.6. The molecule has 0 aromatic rings. The highest BCUT2D eigenvalue weighted by Gasteiger charge is 2.37. The van der Waals surface area contributed by atoms with Crippen LogP contribution < -0.4 is 0 Å². The molecular weight excluding hydrogens is 288 g/mol. The molecular formula is C16H30O6. The summed E-state index contributed by atoms with van der Waals surface area (Å²) in [5.41, 5.74) is -1.47. The summed E-state index contributed by atoms with van der Waals surface area (Å²) >= 11 is 0. The van der Waals surface area contributed by atoms with E-state index in [1.807, 2.05) is 0 Å². The van der Waals surface area contributed by atoms with Gasteiger partial charge in [-0.25, -0.2) is 9.59 Å². The van der Waals surface area contributed by atoms with Crippen LogP contribution >= 0.6 is 0 Å². The van der Waals surface area contributed by atoms with Crippen LogP contribution in [0.1, 0.15) is 74.7 Å². The molecule has 0 bridgehead atoms. The summed E-state index contributed by atoms with van der Waals surface area (Å²) in [4.78, 5) is 32.3. The Kier molecular flexibility index (Phi) is 7.51. The van der Waals surface area contributed by atoms with Gasteiger partial charge in [-0.3, -0.25) is 9.78 Å². The van der Waals surface area contributed by atoms with E-state index in [4.69, 9.17) is 0 Å². The van der Waals surface area contributed by atoms with Crippen molar-refractivity contribution in [2.75, 3.05) is 0 Å². The highest BCUT2D eigenvalue weighted by atomic mass is 17.7. The van der Waals surface area contributed by atoms with E-state index in [-0.39, 0.29) is 5.41 Å². The Balaban J connectivity index is 4.28. The van der Waals surface area contributed by atoms with Gasteiger partial charge in [0.25, 0.3) is 0 Å². The summed E-state index contributed by atoms with van der Waals surface area (Å²) in [6.45, 7) is 14.8. The molecule has 0 aliphatic heterocycles. The molecule has 130 valence electrons. The number of carbonyl (C=O) groups excluding carboxylic acids is 2. The number of hydrogen-bond donors (Lipinski definition) is 0. The summed E-state index contributed by atoms with van der Waals surface area (Å²) in [6, 6.07) is 0. The highest BCUT2D eigenvalue weighted by Crippen LogP contribution is 2.37. The topological polar surface area (TPSA) is 71.1 Å². The summed E-state index contributed by atoms with van der Waals surface area (Å²) in [7, 11) is 0. The fraction of sp³-hybridized carbons (Fsp3) is 0.875. The minimum atomic E-state index is -0.740. The first-order chi connectivity index (χ1) is 9.82. The van der Waals surface area contributed by atoms with Crippen LogP contribution in [0.5, 0.6) is 0 Å². The van der Waals surface area contributed by atoms with E-state index in [9.17, 15) is 9.59 Å². The molecule has 0 unspecified atom stereocenters. The second-order valence-electron chi connectivity index (χ2n) is 8.10. The average molecular weight is 318 g/mol. The van der Waals surface area contributed by atoms with Crippen LogP contribution in [0.15, 0.2) is 0 Å². The van der Waals surface area contributed by atoms with Crippen molar-refractivity contribution in [2.45, 2.75) is 74.7 Å². The molecule has 0 heterocycles. The van der Waals surface area contributed by atoms with Gasteiger partial charge in [0, 0.05) is 10.1 Å². The molecule has 22 heavy (non-hydrogen) atoms. The molecule has 0 amide bonds. The molecule has 0 fully saturated rings. The van der Waals surface area contributed by atoms with Gasteiger partial charge in [-0.15, -0.1) is 0 Å². The van der Waals surface area contributed by atoms with Crippen LogP contribution in [-0.4, -0.2) is 11.9 Å². The van der Waals surface area contributed by atoms with E-state index in [2.05, 4.69) is 40.6 Å². The Labute approximate surface area is 133 Å². The molecule has 0 aromatic heterocycles. The maximum atomic E-state index is 12.0. The van der Waals surface area contributed by atoms with Crippen LogP contribution in [0.3, 0.4) is 0 Å². The number of rotatable bonds is 8. The average Bonchev–Trinajstić information content (AvgIpc) is 2.31. The quantitative estimate of drug-likeness (QED) is 0.380. The van der Waals surface area contributed by atoms with Crippen molar-refractivity contribution >= 4 is 11.9 Å². The van der Waals surface area contributed by atoms with Crippen molar-refractivity contribution in [3.05, 3.63) is 0 Å². The third-order valence-corrected chi connectivity index (χ3v) is 3.26. The lowest BCUT2D eigenvalue weighted by Gasteiger charge is -2.32. The minimum Gasteiger partial charge on any atom is -0.265 e. The zero-order valence-electron chi connectivity index (χ0n) is 15.1. The standard InChI is InChI=1S/C16H30O6/c1-9-10-15(5,6)11-16(7,8)13(18)20-22-21-19-12(17)14(2,3)4/h9-11H2,1-8H3. The maximum absolute atomic E-state index is 12.0. The van der Waals surface area contributed by atoms with Crippen LogP contribution in [-0.2, 0) is 29.4 Å². The second-order valence-corrected chi connectivity index (χ2v) is 8.10. The molecule has 0 aliphatic carbocycles. The van der Waals surface area contributed by atoms with Crippen LogP contribution in [0, 0.1) is 16.2 Å².